The molecule has 2 aromatic rings. The van der Waals surface area contributed by atoms with E-state index in [1.165, 1.54) is 50.1 Å². The molecule has 0 radical (unpaired) electrons. The quantitative estimate of drug-likeness (QED) is 0.504. The Kier molecular flexibility index (Phi) is 5.24. The van der Waals surface area contributed by atoms with E-state index in [4.69, 9.17) is 4.99 Å². The van der Waals surface area contributed by atoms with Gasteiger partial charge < -0.3 is 0 Å². The van der Waals surface area contributed by atoms with Gasteiger partial charge in [-0.25, -0.2) is 0 Å². The number of aliphatic imine (C=N–C) groups is 1. The molecule has 1 aliphatic carbocycles. The van der Waals surface area contributed by atoms with Crippen LogP contribution in [0.5, 0.6) is 0 Å². The number of aryl methyl sites for hydroxylation is 3. The molecule has 0 aliphatic heterocycles. The molecule has 0 bridgehead atoms. The highest BCUT2D eigenvalue weighted by atomic mass is 14.8. The lowest BCUT2D eigenvalue weighted by Crippen LogP contribution is -2.05. The average molecular weight is 358 g/mol. The Balaban J connectivity index is 2.14. The molecule has 1 aliphatic rings. The lowest BCUT2D eigenvalue weighted by atomic mass is 9.87. The smallest absolute Gasteiger partial charge is 0.0691 e. The molecule has 0 spiro atoms. The molecule has 0 saturated carbocycles. The Hall–Kier alpha value is -2.41. The van der Waals surface area contributed by atoms with E-state index in [1.54, 1.807) is 0 Å². The van der Waals surface area contributed by atoms with E-state index in [0.29, 0.717) is 5.92 Å². The van der Waals surface area contributed by atoms with Crippen molar-refractivity contribution >= 4 is 17.0 Å². The van der Waals surface area contributed by atoms with Crippen molar-refractivity contribution in [3.63, 3.8) is 0 Å². The Morgan fingerprint density at radius 2 is 1.44 bits per heavy atom. The number of hydrogen-bond acceptors (Lipinski definition) is 1. The second kappa shape index (κ2) is 7.31. The minimum atomic E-state index is 0.460. The molecule has 1 nitrogen and oxygen atoms in total. The molecule has 0 saturated heterocycles. The molecule has 3 rings (SSSR count). The predicted octanol–water partition coefficient (Wildman–Crippen LogP) is 7.51. The Bertz CT molecular complexity index is 976. The number of benzene rings is 2. The van der Waals surface area contributed by atoms with Gasteiger partial charge in [-0.3, -0.25) is 4.99 Å². The molecule has 0 fully saturated rings. The average Bonchev–Trinajstić information content (AvgIpc) is 2.81. The van der Waals surface area contributed by atoms with Crippen LogP contribution in [0.1, 0.15) is 62.4 Å². The summed E-state index contributed by atoms with van der Waals surface area (Å²) >= 11 is 0. The summed E-state index contributed by atoms with van der Waals surface area (Å²) in [6.07, 6.45) is 0. The van der Waals surface area contributed by atoms with Crippen molar-refractivity contribution in [2.24, 2.45) is 10.9 Å². The van der Waals surface area contributed by atoms with Crippen LogP contribution in [0.25, 0.3) is 5.57 Å². The number of hydrogen-bond donors (Lipinski definition) is 0. The van der Waals surface area contributed by atoms with Crippen molar-refractivity contribution in [1.82, 2.24) is 0 Å². The molecule has 1 unspecified atom stereocenters. The number of rotatable bonds is 3. The van der Waals surface area contributed by atoms with Gasteiger partial charge in [0.2, 0.25) is 0 Å². The Labute approximate surface area is 164 Å². The largest absolute Gasteiger partial charge is 0.253 e. The molecule has 0 aromatic heterocycles. The third-order valence-electron chi connectivity index (χ3n) is 6.16. The first-order valence-corrected chi connectivity index (χ1v) is 9.83. The van der Waals surface area contributed by atoms with Crippen LogP contribution in [0.3, 0.4) is 0 Å². The van der Waals surface area contributed by atoms with Gasteiger partial charge in [-0.05, 0) is 81.9 Å². The molecule has 0 N–H and O–H groups in total. The summed E-state index contributed by atoms with van der Waals surface area (Å²) in [6.45, 7) is 17.7. The van der Waals surface area contributed by atoms with Crippen molar-refractivity contribution in [2.45, 2.75) is 55.4 Å². The zero-order valence-electron chi connectivity index (χ0n) is 18.0. The molecule has 140 valence electrons. The number of allylic oxidation sites excluding steroid dienone is 4. The molecular formula is C26H31N. The van der Waals surface area contributed by atoms with Gasteiger partial charge in [0.15, 0.2) is 0 Å². The molecule has 27 heavy (non-hydrogen) atoms. The highest BCUT2D eigenvalue weighted by Gasteiger charge is 2.26. The second-order valence-corrected chi connectivity index (χ2v) is 8.06. The standard InChI is InChI=1S/C26H31N/c1-15-13-16(2)26(17(3)14-15)27-22(8)23-11-9-10-12-24(23)25-20(6)18(4)19(5)21(25)7/h9-14,20H,1-8H3/b27-22+. The van der Waals surface area contributed by atoms with Gasteiger partial charge in [-0.15, -0.1) is 0 Å². The minimum Gasteiger partial charge on any atom is -0.253 e. The van der Waals surface area contributed by atoms with Gasteiger partial charge in [0.25, 0.3) is 0 Å². The van der Waals surface area contributed by atoms with Crippen molar-refractivity contribution in [3.05, 3.63) is 80.9 Å². The zero-order chi connectivity index (χ0) is 19.9. The summed E-state index contributed by atoms with van der Waals surface area (Å²) < 4.78 is 0. The molecular weight excluding hydrogens is 326 g/mol. The first-order valence-electron chi connectivity index (χ1n) is 9.83. The van der Waals surface area contributed by atoms with Crippen LogP contribution in [0.15, 0.2) is 58.1 Å². The summed E-state index contributed by atoms with van der Waals surface area (Å²) in [5, 5.41) is 0. The predicted molar refractivity (Wildman–Crippen MR) is 119 cm³/mol. The van der Waals surface area contributed by atoms with Crippen LogP contribution in [0.2, 0.25) is 0 Å². The normalized spacial score (nSPS) is 17.9. The molecule has 1 heteroatoms. The molecule has 0 heterocycles. The highest BCUT2D eigenvalue weighted by molar-refractivity contribution is 6.05. The minimum absolute atomic E-state index is 0.460. The zero-order valence-corrected chi connectivity index (χ0v) is 18.0. The molecule has 2 aromatic carbocycles. The van der Waals surface area contributed by atoms with Crippen LogP contribution in [-0.4, -0.2) is 5.71 Å². The van der Waals surface area contributed by atoms with Gasteiger partial charge in [-0.2, -0.15) is 0 Å². The maximum Gasteiger partial charge on any atom is 0.0691 e. The first-order chi connectivity index (χ1) is 12.7. The van der Waals surface area contributed by atoms with Gasteiger partial charge in [0, 0.05) is 17.2 Å². The third-order valence-corrected chi connectivity index (χ3v) is 6.16. The summed E-state index contributed by atoms with van der Waals surface area (Å²) in [7, 11) is 0. The monoisotopic (exact) mass is 357 g/mol. The fourth-order valence-electron chi connectivity index (χ4n) is 4.41. The molecule has 0 amide bonds. The summed E-state index contributed by atoms with van der Waals surface area (Å²) in [6, 6.07) is 13.2. The van der Waals surface area contributed by atoms with Crippen molar-refractivity contribution < 1.29 is 0 Å². The van der Waals surface area contributed by atoms with E-state index < -0.39 is 0 Å². The third kappa shape index (κ3) is 3.43. The van der Waals surface area contributed by atoms with E-state index in [-0.39, 0.29) is 0 Å². The van der Waals surface area contributed by atoms with Gasteiger partial charge >= 0.3 is 0 Å². The lowest BCUT2D eigenvalue weighted by molar-refractivity contribution is 0.894. The van der Waals surface area contributed by atoms with Crippen molar-refractivity contribution in [2.75, 3.05) is 0 Å². The van der Waals surface area contributed by atoms with E-state index in [2.05, 4.69) is 91.8 Å². The van der Waals surface area contributed by atoms with E-state index in [1.807, 2.05) is 0 Å². The van der Waals surface area contributed by atoms with Crippen LogP contribution in [0, 0.1) is 26.7 Å². The molecule has 1 atom stereocenters. The van der Waals surface area contributed by atoms with Crippen LogP contribution in [0.4, 0.5) is 5.69 Å². The highest BCUT2D eigenvalue weighted by Crippen LogP contribution is 2.43. The van der Waals surface area contributed by atoms with Crippen LogP contribution >= 0.6 is 0 Å². The summed E-state index contributed by atoms with van der Waals surface area (Å²) in [5.74, 6) is 0.460. The Morgan fingerprint density at radius 1 is 0.852 bits per heavy atom. The van der Waals surface area contributed by atoms with Gasteiger partial charge in [-0.1, -0.05) is 54.5 Å². The first kappa shape index (κ1) is 19.4. The summed E-state index contributed by atoms with van der Waals surface area (Å²) in [5.41, 5.74) is 14.3. The SMILES string of the molecule is CC1=C(C)C(C)C(c2ccccc2/C(C)=N/c2c(C)cc(C)cc2C)=C1C. The van der Waals surface area contributed by atoms with E-state index >= 15 is 0 Å². The fourth-order valence-corrected chi connectivity index (χ4v) is 4.41. The number of nitrogens with zero attached hydrogens (tertiary/aromatic N) is 1. The fraction of sp³-hybridized carbons (Fsp3) is 0.346. The lowest BCUT2D eigenvalue weighted by Gasteiger charge is -2.18. The maximum absolute atomic E-state index is 5.07. The van der Waals surface area contributed by atoms with E-state index in [9.17, 15) is 0 Å². The van der Waals surface area contributed by atoms with Gasteiger partial charge in [0.05, 0.1) is 5.69 Å². The Morgan fingerprint density at radius 3 is 2.00 bits per heavy atom. The van der Waals surface area contributed by atoms with Crippen molar-refractivity contribution in [3.8, 4) is 0 Å². The van der Waals surface area contributed by atoms with Crippen molar-refractivity contribution in [1.29, 1.82) is 0 Å². The topological polar surface area (TPSA) is 12.4 Å². The maximum atomic E-state index is 5.07. The van der Waals surface area contributed by atoms with Gasteiger partial charge in [0.1, 0.15) is 0 Å². The second-order valence-electron chi connectivity index (χ2n) is 8.06. The van der Waals surface area contributed by atoms with Crippen LogP contribution in [-0.2, 0) is 0 Å². The van der Waals surface area contributed by atoms with E-state index in [0.717, 1.165) is 11.4 Å². The summed E-state index contributed by atoms with van der Waals surface area (Å²) in [4.78, 5) is 5.07. The van der Waals surface area contributed by atoms with Crippen LogP contribution < -0.4 is 0 Å².